The molecule has 0 bridgehead atoms. The molecule has 78 valence electrons. The van der Waals surface area contributed by atoms with Gasteiger partial charge in [0.2, 0.25) is 0 Å². The average molecular weight is 184 g/mol. The number of nitrogens with one attached hydrogen (secondary N) is 1. The summed E-state index contributed by atoms with van der Waals surface area (Å²) in [6.07, 6.45) is 7.84. The molecule has 0 aromatic rings. The van der Waals surface area contributed by atoms with E-state index in [0.717, 1.165) is 18.9 Å². The first-order valence-electron chi connectivity index (χ1n) is 5.79. The Morgan fingerprint density at radius 1 is 1.31 bits per heavy atom. The quantitative estimate of drug-likeness (QED) is 0.565. The first-order valence-corrected chi connectivity index (χ1v) is 5.79. The van der Waals surface area contributed by atoms with Crippen molar-refractivity contribution in [2.75, 3.05) is 13.1 Å². The molecule has 2 nitrogen and oxygen atoms in total. The molecular weight excluding hydrogens is 160 g/mol. The molecule has 1 unspecified atom stereocenters. The van der Waals surface area contributed by atoms with Gasteiger partial charge in [0.05, 0.1) is 0 Å². The second-order valence-electron chi connectivity index (χ2n) is 4.32. The van der Waals surface area contributed by atoms with Gasteiger partial charge in [-0.3, -0.25) is 0 Å². The molecule has 1 fully saturated rings. The monoisotopic (exact) mass is 184 g/mol. The zero-order valence-electron chi connectivity index (χ0n) is 8.89. The number of rotatable bonds is 8. The fourth-order valence-electron chi connectivity index (χ4n) is 1.64. The van der Waals surface area contributed by atoms with Gasteiger partial charge in [-0.25, -0.2) is 0 Å². The van der Waals surface area contributed by atoms with Crippen molar-refractivity contribution in [2.45, 2.75) is 51.5 Å². The topological polar surface area (TPSA) is 38.0 Å². The van der Waals surface area contributed by atoms with Crippen LogP contribution in [0.2, 0.25) is 0 Å². The lowest BCUT2D eigenvalue weighted by Crippen LogP contribution is -2.27. The minimum Gasteiger partial charge on any atom is -0.328 e. The van der Waals surface area contributed by atoms with Gasteiger partial charge < -0.3 is 11.1 Å². The molecule has 13 heavy (non-hydrogen) atoms. The molecule has 0 heterocycles. The Kier molecular flexibility index (Phi) is 5.40. The van der Waals surface area contributed by atoms with Crippen molar-refractivity contribution in [2.24, 2.45) is 11.7 Å². The molecule has 1 rings (SSSR count). The van der Waals surface area contributed by atoms with Crippen LogP contribution in [0, 0.1) is 5.92 Å². The number of hydrogen-bond acceptors (Lipinski definition) is 2. The molecule has 0 aliphatic heterocycles. The maximum atomic E-state index is 5.90. The molecule has 1 aliphatic carbocycles. The Morgan fingerprint density at radius 3 is 2.69 bits per heavy atom. The molecule has 0 aromatic carbocycles. The van der Waals surface area contributed by atoms with Crippen LogP contribution in [0.1, 0.15) is 45.4 Å². The highest BCUT2D eigenvalue weighted by molar-refractivity contribution is 4.73. The van der Waals surface area contributed by atoms with Gasteiger partial charge in [-0.05, 0) is 38.3 Å². The van der Waals surface area contributed by atoms with E-state index in [-0.39, 0.29) is 0 Å². The lowest BCUT2D eigenvalue weighted by Gasteiger charge is -2.10. The standard InChI is InChI=1S/C11H24N2/c1-2-3-11(12)7-9-13-8-6-10-4-5-10/h10-11,13H,2-9,12H2,1H3. The Hall–Kier alpha value is -0.0800. The van der Waals surface area contributed by atoms with Crippen LogP contribution < -0.4 is 11.1 Å². The van der Waals surface area contributed by atoms with Gasteiger partial charge in [-0.2, -0.15) is 0 Å². The lowest BCUT2D eigenvalue weighted by atomic mass is 10.1. The van der Waals surface area contributed by atoms with Gasteiger partial charge in [0.15, 0.2) is 0 Å². The highest BCUT2D eigenvalue weighted by Crippen LogP contribution is 2.31. The smallest absolute Gasteiger partial charge is 0.00508 e. The Labute approximate surface area is 82.3 Å². The van der Waals surface area contributed by atoms with E-state index < -0.39 is 0 Å². The maximum absolute atomic E-state index is 5.90. The predicted octanol–water partition coefficient (Wildman–Crippen LogP) is 1.89. The molecule has 1 saturated carbocycles. The maximum Gasteiger partial charge on any atom is 0.00508 e. The molecule has 0 aromatic heterocycles. The summed E-state index contributed by atoms with van der Waals surface area (Å²) >= 11 is 0. The second-order valence-corrected chi connectivity index (χ2v) is 4.32. The van der Waals surface area contributed by atoms with Crippen LogP contribution in [0.15, 0.2) is 0 Å². The summed E-state index contributed by atoms with van der Waals surface area (Å²) in [5.74, 6) is 1.05. The average Bonchev–Trinajstić information content (AvgIpc) is 2.88. The number of nitrogens with two attached hydrogens (primary N) is 1. The Bertz CT molecular complexity index is 121. The SMILES string of the molecule is CCCC(N)CCNCCC1CC1. The van der Waals surface area contributed by atoms with Crippen molar-refractivity contribution in [1.29, 1.82) is 0 Å². The summed E-state index contributed by atoms with van der Waals surface area (Å²) in [5.41, 5.74) is 5.90. The predicted molar refractivity (Wildman–Crippen MR) is 57.7 cm³/mol. The summed E-state index contributed by atoms with van der Waals surface area (Å²) in [4.78, 5) is 0. The second kappa shape index (κ2) is 6.39. The normalized spacial score (nSPS) is 18.9. The van der Waals surface area contributed by atoms with Crippen LogP contribution in [0.25, 0.3) is 0 Å². The van der Waals surface area contributed by atoms with E-state index in [9.17, 15) is 0 Å². The van der Waals surface area contributed by atoms with Gasteiger partial charge in [0, 0.05) is 6.04 Å². The van der Waals surface area contributed by atoms with Crippen LogP contribution in [0.5, 0.6) is 0 Å². The molecule has 0 radical (unpaired) electrons. The van der Waals surface area contributed by atoms with Gasteiger partial charge >= 0.3 is 0 Å². The molecule has 1 aliphatic rings. The first kappa shape index (κ1) is 11.0. The largest absolute Gasteiger partial charge is 0.328 e. The van der Waals surface area contributed by atoms with Crippen molar-refractivity contribution in [3.05, 3.63) is 0 Å². The van der Waals surface area contributed by atoms with Crippen molar-refractivity contribution in [1.82, 2.24) is 5.32 Å². The fourth-order valence-corrected chi connectivity index (χ4v) is 1.64. The zero-order chi connectivity index (χ0) is 9.52. The van der Waals surface area contributed by atoms with Gasteiger partial charge in [-0.1, -0.05) is 26.2 Å². The van der Waals surface area contributed by atoms with Gasteiger partial charge in [0.25, 0.3) is 0 Å². The molecule has 1 atom stereocenters. The van der Waals surface area contributed by atoms with Crippen molar-refractivity contribution >= 4 is 0 Å². The third kappa shape index (κ3) is 6.05. The van der Waals surface area contributed by atoms with Crippen molar-refractivity contribution in [3.8, 4) is 0 Å². The van der Waals surface area contributed by atoms with E-state index >= 15 is 0 Å². The first-order chi connectivity index (χ1) is 6.33. The minimum absolute atomic E-state index is 0.415. The summed E-state index contributed by atoms with van der Waals surface area (Å²) in [7, 11) is 0. The highest BCUT2D eigenvalue weighted by Gasteiger charge is 2.19. The summed E-state index contributed by atoms with van der Waals surface area (Å²) in [6.45, 7) is 4.50. The van der Waals surface area contributed by atoms with Crippen LogP contribution >= 0.6 is 0 Å². The van der Waals surface area contributed by atoms with Crippen LogP contribution in [0.3, 0.4) is 0 Å². The van der Waals surface area contributed by atoms with E-state index in [1.165, 1.54) is 38.6 Å². The third-order valence-electron chi connectivity index (χ3n) is 2.78. The summed E-state index contributed by atoms with van der Waals surface area (Å²) in [6, 6.07) is 0.415. The van der Waals surface area contributed by atoms with Crippen molar-refractivity contribution in [3.63, 3.8) is 0 Å². The van der Waals surface area contributed by atoms with E-state index in [2.05, 4.69) is 12.2 Å². The Morgan fingerprint density at radius 2 is 2.08 bits per heavy atom. The van der Waals surface area contributed by atoms with Crippen LogP contribution in [0.4, 0.5) is 0 Å². The lowest BCUT2D eigenvalue weighted by molar-refractivity contribution is 0.517. The molecule has 0 saturated heterocycles. The van der Waals surface area contributed by atoms with E-state index in [0.29, 0.717) is 6.04 Å². The van der Waals surface area contributed by atoms with Crippen molar-refractivity contribution < 1.29 is 0 Å². The summed E-state index contributed by atoms with van der Waals surface area (Å²) < 4.78 is 0. The molecule has 2 heteroatoms. The fraction of sp³-hybridized carbons (Fsp3) is 1.00. The van der Waals surface area contributed by atoms with E-state index in [1.54, 1.807) is 0 Å². The zero-order valence-corrected chi connectivity index (χ0v) is 8.89. The Balaban J connectivity index is 1.76. The molecular formula is C11H24N2. The van der Waals surface area contributed by atoms with Gasteiger partial charge in [-0.15, -0.1) is 0 Å². The van der Waals surface area contributed by atoms with Crippen LogP contribution in [-0.2, 0) is 0 Å². The molecule has 3 N–H and O–H groups in total. The third-order valence-corrected chi connectivity index (χ3v) is 2.78. The number of hydrogen-bond donors (Lipinski definition) is 2. The van der Waals surface area contributed by atoms with Crippen LogP contribution in [-0.4, -0.2) is 19.1 Å². The minimum atomic E-state index is 0.415. The highest BCUT2D eigenvalue weighted by atomic mass is 14.9. The van der Waals surface area contributed by atoms with Gasteiger partial charge in [0.1, 0.15) is 0 Å². The molecule has 0 amide bonds. The summed E-state index contributed by atoms with van der Waals surface area (Å²) in [5, 5.41) is 3.47. The van der Waals surface area contributed by atoms with E-state index in [1.807, 2.05) is 0 Å². The van der Waals surface area contributed by atoms with E-state index in [4.69, 9.17) is 5.73 Å². The molecule has 0 spiro atoms.